The van der Waals surface area contributed by atoms with Crippen LogP contribution in [-0.2, 0) is 11.2 Å². The summed E-state index contributed by atoms with van der Waals surface area (Å²) >= 11 is 1.57. The van der Waals surface area contributed by atoms with E-state index < -0.39 is 0 Å². The third kappa shape index (κ3) is 5.14. The zero-order valence-corrected chi connectivity index (χ0v) is 17.2. The third-order valence-corrected chi connectivity index (χ3v) is 7.00. The van der Waals surface area contributed by atoms with Crippen LogP contribution in [0.4, 0.5) is 5.13 Å². The summed E-state index contributed by atoms with van der Waals surface area (Å²) in [5.74, 6) is 0.725. The predicted molar refractivity (Wildman–Crippen MR) is 111 cm³/mol. The zero-order chi connectivity index (χ0) is 19.2. The summed E-state index contributed by atoms with van der Waals surface area (Å²) in [5.41, 5.74) is 1.13. The van der Waals surface area contributed by atoms with E-state index in [1.807, 2.05) is 18.3 Å². The van der Waals surface area contributed by atoms with Crippen LogP contribution in [0.5, 0.6) is 0 Å². The largest absolute Gasteiger partial charge is 0.303 e. The van der Waals surface area contributed by atoms with Crippen molar-refractivity contribution in [2.75, 3.05) is 25.0 Å². The highest BCUT2D eigenvalue weighted by molar-refractivity contribution is 7.15. The van der Waals surface area contributed by atoms with E-state index in [1.165, 1.54) is 32.1 Å². The quantitative estimate of drug-likeness (QED) is 0.798. The normalized spacial score (nSPS) is 19.6. The van der Waals surface area contributed by atoms with E-state index in [4.69, 9.17) is 0 Å². The lowest BCUT2D eigenvalue weighted by atomic mass is 9.90. The summed E-state index contributed by atoms with van der Waals surface area (Å²) in [6.45, 7) is 2.94. The van der Waals surface area contributed by atoms with Gasteiger partial charge in [-0.2, -0.15) is 0 Å². The lowest BCUT2D eigenvalue weighted by Gasteiger charge is -2.30. The molecule has 150 valence electrons. The summed E-state index contributed by atoms with van der Waals surface area (Å²) in [7, 11) is 0. The van der Waals surface area contributed by atoms with Crippen molar-refractivity contribution < 1.29 is 4.79 Å². The highest BCUT2D eigenvalue weighted by atomic mass is 32.1. The Balaban J connectivity index is 1.21. The Kier molecular flexibility index (Phi) is 6.65. The first-order valence-electron chi connectivity index (χ1n) is 10.5. The molecular weight excluding hydrogens is 370 g/mol. The van der Waals surface area contributed by atoms with Gasteiger partial charge in [0.1, 0.15) is 5.01 Å². The van der Waals surface area contributed by atoms with Crippen molar-refractivity contribution in [3.05, 3.63) is 35.1 Å². The van der Waals surface area contributed by atoms with Gasteiger partial charge in [0, 0.05) is 36.7 Å². The van der Waals surface area contributed by atoms with Crippen LogP contribution in [0.1, 0.15) is 61.6 Å². The number of hydrogen-bond acceptors (Lipinski definition) is 6. The number of nitrogens with zero attached hydrogens (tertiary/aromatic N) is 4. The van der Waals surface area contributed by atoms with E-state index in [1.54, 1.807) is 11.3 Å². The monoisotopic (exact) mass is 399 g/mol. The molecule has 1 aliphatic carbocycles. The number of nitrogens with one attached hydrogen (secondary N) is 1. The molecule has 2 fully saturated rings. The summed E-state index contributed by atoms with van der Waals surface area (Å²) < 4.78 is 0. The molecule has 2 aromatic heterocycles. The van der Waals surface area contributed by atoms with Crippen molar-refractivity contribution in [1.82, 2.24) is 20.1 Å². The Labute approximate surface area is 170 Å². The maximum Gasteiger partial charge on any atom is 0.229 e. The van der Waals surface area contributed by atoms with Crippen molar-refractivity contribution in [1.29, 1.82) is 0 Å². The van der Waals surface area contributed by atoms with E-state index in [0.717, 1.165) is 49.6 Å². The lowest BCUT2D eigenvalue weighted by molar-refractivity contribution is -0.121. The van der Waals surface area contributed by atoms with Crippen LogP contribution in [-0.4, -0.2) is 45.6 Å². The molecule has 0 aromatic carbocycles. The number of carbonyl (C=O) groups is 1. The van der Waals surface area contributed by atoms with Gasteiger partial charge in [-0.05, 0) is 50.9 Å². The van der Waals surface area contributed by atoms with Gasteiger partial charge in [0.25, 0.3) is 0 Å². The maximum atomic E-state index is 12.6. The first kappa shape index (κ1) is 19.5. The van der Waals surface area contributed by atoms with Crippen LogP contribution < -0.4 is 5.32 Å². The van der Waals surface area contributed by atoms with Crippen LogP contribution in [0.3, 0.4) is 0 Å². The number of carbonyl (C=O) groups excluding carboxylic acids is 1. The van der Waals surface area contributed by atoms with Crippen LogP contribution in [0.15, 0.2) is 24.4 Å². The first-order valence-corrected chi connectivity index (χ1v) is 11.4. The van der Waals surface area contributed by atoms with Gasteiger partial charge in [-0.25, -0.2) is 0 Å². The molecule has 7 heteroatoms. The molecule has 0 unspecified atom stereocenters. The second-order valence-corrected chi connectivity index (χ2v) is 8.97. The van der Waals surface area contributed by atoms with Crippen molar-refractivity contribution >= 4 is 22.4 Å². The van der Waals surface area contributed by atoms with Crippen LogP contribution in [0.2, 0.25) is 0 Å². The van der Waals surface area contributed by atoms with E-state index in [-0.39, 0.29) is 11.8 Å². The van der Waals surface area contributed by atoms with Gasteiger partial charge < -0.3 is 10.2 Å². The average molecular weight is 400 g/mol. The fourth-order valence-electron chi connectivity index (χ4n) is 4.24. The van der Waals surface area contributed by atoms with Crippen molar-refractivity contribution in [3.63, 3.8) is 0 Å². The first-order chi connectivity index (χ1) is 13.8. The number of pyridine rings is 1. The van der Waals surface area contributed by atoms with Gasteiger partial charge >= 0.3 is 0 Å². The van der Waals surface area contributed by atoms with Crippen LogP contribution >= 0.6 is 11.3 Å². The Morgan fingerprint density at radius 1 is 1.11 bits per heavy atom. The molecule has 1 N–H and O–H groups in total. The van der Waals surface area contributed by atoms with Gasteiger partial charge in [-0.1, -0.05) is 36.7 Å². The molecule has 0 radical (unpaired) electrons. The number of rotatable bonds is 6. The SMILES string of the molecule is O=C(Nc1nnc(C2CCCCC2)s1)C1CCN(CCc2ccccn2)CC1. The summed E-state index contributed by atoms with van der Waals surface area (Å²) in [4.78, 5) is 19.5. The van der Waals surface area contributed by atoms with E-state index in [9.17, 15) is 4.79 Å². The number of amides is 1. The Morgan fingerprint density at radius 3 is 2.68 bits per heavy atom. The molecule has 2 aromatic rings. The van der Waals surface area contributed by atoms with Crippen molar-refractivity contribution in [2.24, 2.45) is 5.92 Å². The van der Waals surface area contributed by atoms with E-state index in [0.29, 0.717) is 11.0 Å². The number of likely N-dealkylation sites (tertiary alicyclic amines) is 1. The molecule has 2 aliphatic rings. The smallest absolute Gasteiger partial charge is 0.229 e. The lowest BCUT2D eigenvalue weighted by Crippen LogP contribution is -2.39. The molecule has 6 nitrogen and oxygen atoms in total. The van der Waals surface area contributed by atoms with Gasteiger partial charge in [-0.3, -0.25) is 9.78 Å². The van der Waals surface area contributed by atoms with Gasteiger partial charge in [0.2, 0.25) is 11.0 Å². The molecular formula is C21H29N5OS. The molecule has 1 saturated heterocycles. The zero-order valence-electron chi connectivity index (χ0n) is 16.3. The van der Waals surface area contributed by atoms with Crippen molar-refractivity contribution in [3.8, 4) is 0 Å². The predicted octanol–water partition coefficient (Wildman–Crippen LogP) is 3.87. The number of hydrogen-bond donors (Lipinski definition) is 1. The summed E-state index contributed by atoms with van der Waals surface area (Å²) in [6, 6.07) is 6.06. The molecule has 0 atom stereocenters. The van der Waals surface area contributed by atoms with Crippen LogP contribution in [0, 0.1) is 5.92 Å². The fourth-order valence-corrected chi connectivity index (χ4v) is 5.16. The molecule has 0 bridgehead atoms. The fraction of sp³-hybridized carbons (Fsp3) is 0.619. The Hall–Kier alpha value is -1.86. The second kappa shape index (κ2) is 9.56. The summed E-state index contributed by atoms with van der Waals surface area (Å²) in [6.07, 6.45) is 10.9. The molecule has 1 saturated carbocycles. The molecule has 28 heavy (non-hydrogen) atoms. The molecule has 4 rings (SSSR count). The molecule has 1 aliphatic heterocycles. The molecule has 1 amide bonds. The molecule has 3 heterocycles. The summed E-state index contributed by atoms with van der Waals surface area (Å²) in [5, 5.41) is 13.4. The Bertz CT molecular complexity index is 751. The molecule has 0 spiro atoms. The second-order valence-electron chi connectivity index (χ2n) is 7.96. The van der Waals surface area contributed by atoms with E-state index >= 15 is 0 Å². The topological polar surface area (TPSA) is 71.0 Å². The van der Waals surface area contributed by atoms with Gasteiger partial charge in [-0.15, -0.1) is 10.2 Å². The minimum atomic E-state index is 0.0770. The highest BCUT2D eigenvalue weighted by Gasteiger charge is 2.26. The highest BCUT2D eigenvalue weighted by Crippen LogP contribution is 2.35. The average Bonchev–Trinajstić information content (AvgIpc) is 3.22. The Morgan fingerprint density at radius 2 is 1.93 bits per heavy atom. The standard InChI is InChI=1S/C21H29N5OS/c27-19(23-21-25-24-20(28-21)17-6-2-1-3-7-17)16-9-13-26(14-10-16)15-11-18-8-4-5-12-22-18/h4-5,8,12,16-17H,1-3,6-7,9-11,13-15H2,(H,23,25,27). The minimum Gasteiger partial charge on any atom is -0.303 e. The van der Waals surface area contributed by atoms with E-state index in [2.05, 4.69) is 31.5 Å². The number of piperidine rings is 1. The van der Waals surface area contributed by atoms with Gasteiger partial charge in [0.05, 0.1) is 0 Å². The number of anilines is 1. The third-order valence-electron chi connectivity index (χ3n) is 5.99. The van der Waals surface area contributed by atoms with Gasteiger partial charge in [0.15, 0.2) is 0 Å². The van der Waals surface area contributed by atoms with Crippen molar-refractivity contribution in [2.45, 2.75) is 57.3 Å². The maximum absolute atomic E-state index is 12.6. The minimum absolute atomic E-state index is 0.0770. The van der Waals surface area contributed by atoms with Crippen LogP contribution in [0.25, 0.3) is 0 Å². The number of aromatic nitrogens is 3.